The smallest absolute Gasteiger partial charge is 0.324 e. The van der Waals surface area contributed by atoms with Crippen LogP contribution in [0.15, 0.2) is 24.3 Å². The van der Waals surface area contributed by atoms with Gasteiger partial charge in [0.25, 0.3) is 5.91 Å². The Hall–Kier alpha value is -1.31. The summed E-state index contributed by atoms with van der Waals surface area (Å²) in [7, 11) is 0. The monoisotopic (exact) mass is 366 g/mol. The molecule has 1 saturated heterocycles. The molecule has 1 fully saturated rings. The van der Waals surface area contributed by atoms with Crippen LogP contribution in [0.1, 0.15) is 13.3 Å². The lowest BCUT2D eigenvalue weighted by molar-refractivity contribution is -0.146. The van der Waals surface area contributed by atoms with Crippen molar-refractivity contribution < 1.29 is 22.7 Å². The number of benzene rings is 1. The molecular weight excluding hydrogens is 345 g/mol. The molecule has 2 rings (SSSR count). The van der Waals surface area contributed by atoms with Crippen molar-refractivity contribution in [1.29, 1.82) is 0 Å². The zero-order chi connectivity index (χ0) is 18.0. The van der Waals surface area contributed by atoms with Crippen LogP contribution in [-0.4, -0.2) is 44.7 Å². The minimum Gasteiger partial charge on any atom is -0.380 e. The fourth-order valence-electron chi connectivity index (χ4n) is 1.86. The Bertz CT molecular complexity index is 489. The van der Waals surface area contributed by atoms with Gasteiger partial charge in [-0.25, -0.2) is 4.39 Å². The van der Waals surface area contributed by atoms with Crippen LogP contribution in [0.3, 0.4) is 0 Å². The van der Waals surface area contributed by atoms with Gasteiger partial charge in [0, 0.05) is 32.0 Å². The average molecular weight is 367 g/mol. The summed E-state index contributed by atoms with van der Waals surface area (Å²) < 4.78 is 43.3. The third kappa shape index (κ3) is 7.51. The van der Waals surface area contributed by atoms with Gasteiger partial charge in [-0.05, 0) is 12.1 Å². The maximum absolute atomic E-state index is 12.9. The third-order valence-electron chi connectivity index (χ3n) is 3.36. The van der Waals surface area contributed by atoms with Gasteiger partial charge in [0.1, 0.15) is 5.82 Å². The summed E-state index contributed by atoms with van der Waals surface area (Å²) in [5, 5.41) is 5.55. The van der Waals surface area contributed by atoms with Gasteiger partial charge in [0.05, 0.1) is 18.2 Å². The summed E-state index contributed by atoms with van der Waals surface area (Å²) in [5.41, 5.74) is 0. The second kappa shape index (κ2) is 10.5. The molecule has 24 heavy (non-hydrogen) atoms. The quantitative estimate of drug-likeness (QED) is 0.861. The number of rotatable bonds is 4. The Morgan fingerprint density at radius 3 is 2.75 bits per heavy atom. The van der Waals surface area contributed by atoms with E-state index in [4.69, 9.17) is 16.3 Å². The maximum Gasteiger partial charge on any atom is 0.324 e. The second-order valence-corrected chi connectivity index (χ2v) is 5.73. The third-order valence-corrected chi connectivity index (χ3v) is 3.67. The van der Waals surface area contributed by atoms with Crippen LogP contribution >= 0.6 is 11.6 Å². The van der Waals surface area contributed by atoms with Crippen LogP contribution in [-0.2, 0) is 9.53 Å². The molecule has 0 aliphatic carbocycles. The molecule has 1 aromatic rings. The molecule has 2 N–H and O–H groups in total. The molecule has 0 radical (unpaired) electrons. The molecule has 1 amide bonds. The van der Waals surface area contributed by atoms with E-state index in [-0.39, 0.29) is 23.3 Å². The standard InChI is InChI=1S/C10H18F2N2O2.C6H4ClF/c1-2-10(11,12)9(15)14-6-8-5-13-3-4-16-7-8;7-5-3-1-2-4-6(5)8/h8,13H,2-7H2,1H3,(H,14,15);1-4H. The number of ether oxygens (including phenoxy) is 1. The molecule has 1 atom stereocenters. The Morgan fingerprint density at radius 2 is 2.17 bits per heavy atom. The lowest BCUT2D eigenvalue weighted by atomic mass is 10.1. The van der Waals surface area contributed by atoms with Gasteiger partial charge in [-0.1, -0.05) is 30.7 Å². The number of nitrogens with one attached hydrogen (secondary N) is 2. The van der Waals surface area contributed by atoms with Crippen LogP contribution < -0.4 is 10.6 Å². The molecule has 0 spiro atoms. The van der Waals surface area contributed by atoms with E-state index in [2.05, 4.69) is 10.6 Å². The van der Waals surface area contributed by atoms with E-state index < -0.39 is 18.3 Å². The summed E-state index contributed by atoms with van der Waals surface area (Å²) in [5.74, 6) is -4.77. The number of carbonyl (C=O) groups excluding carboxylic acids is 1. The summed E-state index contributed by atoms with van der Waals surface area (Å²) >= 11 is 5.33. The van der Waals surface area contributed by atoms with Gasteiger partial charge >= 0.3 is 5.92 Å². The van der Waals surface area contributed by atoms with Gasteiger partial charge in [0.15, 0.2) is 0 Å². The average Bonchev–Trinajstić information content (AvgIpc) is 2.84. The van der Waals surface area contributed by atoms with Crippen molar-refractivity contribution in [2.45, 2.75) is 19.3 Å². The SMILES string of the molecule is CCC(F)(F)C(=O)NCC1CNCCOC1.Fc1ccccc1Cl. The summed E-state index contributed by atoms with van der Waals surface area (Å²) in [4.78, 5) is 11.1. The minimum absolute atomic E-state index is 0.0547. The predicted molar refractivity (Wildman–Crippen MR) is 86.8 cm³/mol. The summed E-state index contributed by atoms with van der Waals surface area (Å²) in [6.45, 7) is 4.06. The number of hydrogen-bond acceptors (Lipinski definition) is 3. The Kier molecular flexibility index (Phi) is 9.10. The van der Waals surface area contributed by atoms with Gasteiger partial charge in [0.2, 0.25) is 0 Å². The first-order chi connectivity index (χ1) is 11.4. The fourth-order valence-corrected chi connectivity index (χ4v) is 1.99. The van der Waals surface area contributed by atoms with Crippen LogP contribution in [0.2, 0.25) is 5.02 Å². The zero-order valence-corrected chi connectivity index (χ0v) is 14.2. The lowest BCUT2D eigenvalue weighted by Crippen LogP contribution is -2.43. The normalized spacial score (nSPS) is 18.1. The molecule has 4 nitrogen and oxygen atoms in total. The van der Waals surface area contributed by atoms with Crippen molar-refractivity contribution in [2.75, 3.05) is 32.8 Å². The topological polar surface area (TPSA) is 50.4 Å². The highest BCUT2D eigenvalue weighted by Crippen LogP contribution is 2.17. The molecule has 1 unspecified atom stereocenters. The van der Waals surface area contributed by atoms with E-state index in [1.54, 1.807) is 12.1 Å². The van der Waals surface area contributed by atoms with Crippen LogP contribution in [0, 0.1) is 11.7 Å². The first-order valence-corrected chi connectivity index (χ1v) is 8.09. The molecular formula is C16H22ClF3N2O2. The maximum atomic E-state index is 12.9. The molecule has 0 aromatic heterocycles. The largest absolute Gasteiger partial charge is 0.380 e. The zero-order valence-electron chi connectivity index (χ0n) is 13.5. The lowest BCUT2D eigenvalue weighted by Gasteiger charge is -2.18. The second-order valence-electron chi connectivity index (χ2n) is 5.33. The minimum atomic E-state index is -3.26. The number of hydrogen-bond donors (Lipinski definition) is 2. The van der Waals surface area contributed by atoms with Crippen molar-refractivity contribution in [3.63, 3.8) is 0 Å². The van der Waals surface area contributed by atoms with Crippen molar-refractivity contribution in [3.05, 3.63) is 35.1 Å². The Balaban J connectivity index is 0.000000300. The molecule has 1 aromatic carbocycles. The molecule has 8 heteroatoms. The fraction of sp³-hybridized carbons (Fsp3) is 0.562. The van der Waals surface area contributed by atoms with Crippen molar-refractivity contribution in [1.82, 2.24) is 10.6 Å². The van der Waals surface area contributed by atoms with Crippen LogP contribution in [0.25, 0.3) is 0 Å². The van der Waals surface area contributed by atoms with E-state index in [1.165, 1.54) is 19.1 Å². The Labute approximate surface area is 144 Å². The molecule has 1 aliphatic heterocycles. The van der Waals surface area contributed by atoms with E-state index in [0.29, 0.717) is 19.8 Å². The molecule has 1 heterocycles. The van der Waals surface area contributed by atoms with Gasteiger partial charge in [-0.3, -0.25) is 4.79 Å². The summed E-state index contributed by atoms with van der Waals surface area (Å²) in [6, 6.07) is 6.12. The van der Waals surface area contributed by atoms with E-state index >= 15 is 0 Å². The van der Waals surface area contributed by atoms with Gasteiger partial charge in [-0.15, -0.1) is 0 Å². The highest BCUT2D eigenvalue weighted by Gasteiger charge is 2.36. The number of amides is 1. The van der Waals surface area contributed by atoms with Crippen molar-refractivity contribution in [3.8, 4) is 0 Å². The van der Waals surface area contributed by atoms with E-state index in [1.807, 2.05) is 0 Å². The highest BCUT2D eigenvalue weighted by atomic mass is 35.5. The molecule has 0 bridgehead atoms. The Morgan fingerprint density at radius 1 is 1.46 bits per heavy atom. The van der Waals surface area contributed by atoms with Crippen LogP contribution in [0.5, 0.6) is 0 Å². The highest BCUT2D eigenvalue weighted by molar-refractivity contribution is 6.30. The predicted octanol–water partition coefficient (Wildman–Crippen LogP) is 2.86. The molecule has 1 aliphatic rings. The summed E-state index contributed by atoms with van der Waals surface area (Å²) in [6.07, 6.45) is -0.474. The van der Waals surface area contributed by atoms with Gasteiger partial charge < -0.3 is 15.4 Å². The van der Waals surface area contributed by atoms with E-state index in [0.717, 1.165) is 6.54 Å². The van der Waals surface area contributed by atoms with E-state index in [9.17, 15) is 18.0 Å². The first kappa shape index (κ1) is 20.7. The first-order valence-electron chi connectivity index (χ1n) is 7.71. The number of halogens is 4. The molecule has 136 valence electrons. The van der Waals surface area contributed by atoms with Crippen LogP contribution in [0.4, 0.5) is 13.2 Å². The van der Waals surface area contributed by atoms with Gasteiger partial charge in [-0.2, -0.15) is 8.78 Å². The number of alkyl halides is 2. The number of carbonyl (C=O) groups is 1. The van der Waals surface area contributed by atoms with Crippen molar-refractivity contribution >= 4 is 17.5 Å². The van der Waals surface area contributed by atoms with Crippen molar-refractivity contribution in [2.24, 2.45) is 5.92 Å². The molecule has 0 saturated carbocycles.